The van der Waals surface area contributed by atoms with Gasteiger partial charge in [-0.15, -0.1) is 0 Å². The van der Waals surface area contributed by atoms with Crippen molar-refractivity contribution < 1.29 is 23.8 Å². The first kappa shape index (κ1) is 23.3. The Labute approximate surface area is 187 Å². The van der Waals surface area contributed by atoms with Crippen LogP contribution < -0.4 is 14.8 Å². The fourth-order valence-corrected chi connectivity index (χ4v) is 3.01. The molecule has 9 heteroatoms. The largest absolute Gasteiger partial charge is 0.490 e. The average Bonchev–Trinajstić information content (AvgIpc) is 2.72. The fourth-order valence-electron chi connectivity index (χ4n) is 2.31. The van der Waals surface area contributed by atoms with Gasteiger partial charge in [-0.25, -0.2) is 4.79 Å². The number of hydrogen-bond acceptors (Lipinski definition) is 6. The number of hydrogen-bond donors (Lipinski definition) is 1. The minimum absolute atomic E-state index is 0.109. The Morgan fingerprint density at radius 3 is 2.53 bits per heavy atom. The van der Waals surface area contributed by atoms with E-state index in [1.165, 1.54) is 13.2 Å². The Balaban J connectivity index is 2.30. The van der Waals surface area contributed by atoms with Gasteiger partial charge in [0.05, 0.1) is 18.2 Å². The first-order valence-electron chi connectivity index (χ1n) is 8.72. The summed E-state index contributed by atoms with van der Waals surface area (Å²) < 4.78 is 16.1. The van der Waals surface area contributed by atoms with Gasteiger partial charge < -0.3 is 19.5 Å². The third-order valence-electron chi connectivity index (χ3n) is 3.67. The summed E-state index contributed by atoms with van der Waals surface area (Å²) in [6, 6.07) is 11.7. The molecule has 0 aromatic heterocycles. The number of ether oxygens (including phenoxy) is 3. The number of nitriles is 1. The molecule has 0 heterocycles. The summed E-state index contributed by atoms with van der Waals surface area (Å²) in [7, 11) is 1.26. The lowest BCUT2D eigenvalue weighted by atomic mass is 10.1. The van der Waals surface area contributed by atoms with Gasteiger partial charge in [-0.3, -0.25) is 4.79 Å². The van der Waals surface area contributed by atoms with Crippen LogP contribution in [0.3, 0.4) is 0 Å². The molecule has 2 rings (SSSR count). The van der Waals surface area contributed by atoms with Crippen LogP contribution in [-0.2, 0) is 14.3 Å². The van der Waals surface area contributed by atoms with Crippen LogP contribution in [0.4, 0.5) is 5.69 Å². The minimum Gasteiger partial charge on any atom is -0.490 e. The zero-order valence-electron chi connectivity index (χ0n) is 16.2. The summed E-state index contributed by atoms with van der Waals surface area (Å²) in [6.45, 7) is 1.84. The van der Waals surface area contributed by atoms with Gasteiger partial charge in [0.15, 0.2) is 18.1 Å². The number of rotatable bonds is 8. The van der Waals surface area contributed by atoms with Crippen LogP contribution in [-0.4, -0.2) is 32.2 Å². The number of anilines is 1. The smallest absolute Gasteiger partial charge is 0.343 e. The van der Waals surface area contributed by atoms with E-state index < -0.39 is 11.9 Å². The van der Waals surface area contributed by atoms with Gasteiger partial charge in [-0.1, -0.05) is 11.6 Å². The summed E-state index contributed by atoms with van der Waals surface area (Å²) in [6.07, 6.45) is 1.42. The number of carbonyl (C=O) groups is 2. The Morgan fingerprint density at radius 2 is 1.93 bits per heavy atom. The molecule has 0 aliphatic carbocycles. The summed E-state index contributed by atoms with van der Waals surface area (Å²) >= 11 is 9.20. The third kappa shape index (κ3) is 6.51. The molecule has 0 aliphatic rings. The zero-order chi connectivity index (χ0) is 22.1. The van der Waals surface area contributed by atoms with Crippen molar-refractivity contribution in [3.8, 4) is 17.6 Å². The molecule has 0 spiro atoms. The summed E-state index contributed by atoms with van der Waals surface area (Å²) in [5, 5.41) is 12.6. The van der Waals surface area contributed by atoms with Gasteiger partial charge in [0.2, 0.25) is 0 Å². The maximum absolute atomic E-state index is 12.5. The van der Waals surface area contributed by atoms with Crippen molar-refractivity contribution in [3.05, 3.63) is 57.0 Å². The maximum Gasteiger partial charge on any atom is 0.343 e. The van der Waals surface area contributed by atoms with Gasteiger partial charge in [0, 0.05) is 10.7 Å². The zero-order valence-corrected chi connectivity index (χ0v) is 18.5. The van der Waals surface area contributed by atoms with Crippen molar-refractivity contribution in [3.63, 3.8) is 0 Å². The van der Waals surface area contributed by atoms with Crippen LogP contribution in [0.15, 0.2) is 46.4 Å². The van der Waals surface area contributed by atoms with Crippen molar-refractivity contribution in [1.82, 2.24) is 0 Å². The molecule has 30 heavy (non-hydrogen) atoms. The van der Waals surface area contributed by atoms with E-state index in [4.69, 9.17) is 21.1 Å². The first-order valence-corrected chi connectivity index (χ1v) is 9.89. The molecular weight excluding hydrogens is 476 g/mol. The fraction of sp³-hybridized carbons (Fsp3) is 0.190. The number of nitrogens with zero attached hydrogens (tertiary/aromatic N) is 1. The lowest BCUT2D eigenvalue weighted by Gasteiger charge is -2.14. The lowest BCUT2D eigenvalue weighted by molar-refractivity contribution is -0.142. The lowest BCUT2D eigenvalue weighted by Crippen LogP contribution is -2.14. The highest BCUT2D eigenvalue weighted by molar-refractivity contribution is 9.10. The molecule has 0 radical (unpaired) electrons. The van der Waals surface area contributed by atoms with E-state index in [0.717, 1.165) is 0 Å². The van der Waals surface area contributed by atoms with E-state index in [9.17, 15) is 14.9 Å². The van der Waals surface area contributed by atoms with Crippen LogP contribution in [0.2, 0.25) is 5.02 Å². The monoisotopic (exact) mass is 492 g/mol. The SMILES string of the molecule is CCOc1cc(/C=C(\C#N)C(=O)Nc2ccc(Cl)cc2)cc(Br)c1OCC(=O)OC. The van der Waals surface area contributed by atoms with Crippen molar-refractivity contribution >= 4 is 51.2 Å². The number of carbonyl (C=O) groups excluding carboxylic acids is 2. The van der Waals surface area contributed by atoms with E-state index in [0.29, 0.717) is 38.9 Å². The quantitative estimate of drug-likeness (QED) is 0.328. The molecule has 0 saturated carbocycles. The van der Waals surface area contributed by atoms with Crippen molar-refractivity contribution in [2.75, 3.05) is 25.6 Å². The predicted octanol–water partition coefficient (Wildman–Crippen LogP) is 4.60. The van der Waals surface area contributed by atoms with Crippen molar-refractivity contribution in [2.24, 2.45) is 0 Å². The van der Waals surface area contributed by atoms with E-state index in [1.54, 1.807) is 43.3 Å². The Kier molecular flexibility index (Phi) is 8.71. The number of esters is 1. The summed E-state index contributed by atoms with van der Waals surface area (Å²) in [5.74, 6) is -0.458. The molecule has 0 unspecified atom stereocenters. The highest BCUT2D eigenvalue weighted by Gasteiger charge is 2.16. The number of methoxy groups -OCH3 is 1. The van der Waals surface area contributed by atoms with Crippen LogP contribution >= 0.6 is 27.5 Å². The van der Waals surface area contributed by atoms with Crippen molar-refractivity contribution in [2.45, 2.75) is 6.92 Å². The number of halogens is 2. The molecule has 0 bridgehead atoms. The Hall–Kier alpha value is -3.02. The standard InChI is InChI=1S/C21H18BrClN2O5/c1-3-29-18-10-13(9-17(22)20(18)30-12-19(26)28-2)8-14(11-24)21(27)25-16-6-4-15(23)5-7-16/h4-10H,3,12H2,1-2H3,(H,25,27)/b14-8+. The Morgan fingerprint density at radius 1 is 1.23 bits per heavy atom. The maximum atomic E-state index is 12.5. The second-order valence-corrected chi connectivity index (χ2v) is 7.05. The molecular formula is C21H18BrClN2O5. The van der Waals surface area contributed by atoms with Crippen LogP contribution in [0.1, 0.15) is 12.5 Å². The van der Waals surface area contributed by atoms with Crippen LogP contribution in [0.25, 0.3) is 6.08 Å². The van der Waals surface area contributed by atoms with Gasteiger partial charge >= 0.3 is 5.97 Å². The number of amides is 1. The van der Waals surface area contributed by atoms with E-state index in [-0.39, 0.29) is 12.2 Å². The molecule has 0 aliphatic heterocycles. The van der Waals surface area contributed by atoms with Gasteiger partial charge in [-0.05, 0) is 70.9 Å². The van der Waals surface area contributed by atoms with E-state index in [2.05, 4.69) is 26.0 Å². The van der Waals surface area contributed by atoms with Crippen LogP contribution in [0, 0.1) is 11.3 Å². The predicted molar refractivity (Wildman–Crippen MR) is 116 cm³/mol. The summed E-state index contributed by atoms with van der Waals surface area (Å²) in [4.78, 5) is 23.8. The molecule has 0 fully saturated rings. The third-order valence-corrected chi connectivity index (χ3v) is 4.51. The van der Waals surface area contributed by atoms with Gasteiger partial charge in [0.1, 0.15) is 11.6 Å². The van der Waals surface area contributed by atoms with E-state index >= 15 is 0 Å². The molecule has 0 saturated heterocycles. The van der Waals surface area contributed by atoms with E-state index in [1.807, 2.05) is 6.07 Å². The topological polar surface area (TPSA) is 97.6 Å². The highest BCUT2D eigenvalue weighted by Crippen LogP contribution is 2.37. The number of benzene rings is 2. The van der Waals surface area contributed by atoms with Crippen LogP contribution in [0.5, 0.6) is 11.5 Å². The molecule has 156 valence electrons. The molecule has 1 N–H and O–H groups in total. The first-order chi connectivity index (χ1) is 14.4. The second-order valence-electron chi connectivity index (χ2n) is 5.76. The molecule has 2 aromatic carbocycles. The van der Waals surface area contributed by atoms with Gasteiger partial charge in [-0.2, -0.15) is 5.26 Å². The summed E-state index contributed by atoms with van der Waals surface area (Å²) in [5.41, 5.74) is 0.925. The second kappa shape index (κ2) is 11.2. The van der Waals surface area contributed by atoms with Crippen molar-refractivity contribution in [1.29, 1.82) is 5.26 Å². The molecule has 7 nitrogen and oxygen atoms in total. The average molecular weight is 494 g/mol. The minimum atomic E-state index is -0.570. The Bertz CT molecular complexity index is 1000. The number of nitrogens with one attached hydrogen (secondary N) is 1. The molecule has 0 atom stereocenters. The molecule has 1 amide bonds. The van der Waals surface area contributed by atoms with Gasteiger partial charge in [0.25, 0.3) is 5.91 Å². The normalized spacial score (nSPS) is 10.7. The molecule has 2 aromatic rings. The highest BCUT2D eigenvalue weighted by atomic mass is 79.9.